The van der Waals surface area contributed by atoms with Crippen LogP contribution >= 0.6 is 0 Å². The molecule has 0 radical (unpaired) electrons. The van der Waals surface area contributed by atoms with Crippen LogP contribution in [0.5, 0.6) is 0 Å². The molecule has 0 bridgehead atoms. The molecular formula is C20H21FN2O3S. The van der Waals surface area contributed by atoms with Gasteiger partial charge in [-0.2, -0.15) is 0 Å². The van der Waals surface area contributed by atoms with Gasteiger partial charge in [0.25, 0.3) is 0 Å². The van der Waals surface area contributed by atoms with Crippen molar-refractivity contribution in [2.75, 3.05) is 6.54 Å². The highest BCUT2D eigenvalue weighted by molar-refractivity contribution is 7.88. The third kappa shape index (κ3) is 5.24. The van der Waals surface area contributed by atoms with Crippen molar-refractivity contribution < 1.29 is 17.2 Å². The molecule has 142 valence electrons. The van der Waals surface area contributed by atoms with Crippen molar-refractivity contribution in [2.24, 2.45) is 0 Å². The van der Waals surface area contributed by atoms with Crippen LogP contribution < -0.4 is 4.72 Å². The Hall–Kier alpha value is -2.51. The number of halogens is 1. The highest BCUT2D eigenvalue weighted by atomic mass is 32.2. The number of hydrogen-bond acceptors (Lipinski definition) is 4. The van der Waals surface area contributed by atoms with Gasteiger partial charge in [-0.15, -0.1) is 0 Å². The molecule has 0 aliphatic rings. The van der Waals surface area contributed by atoms with Gasteiger partial charge in [0.2, 0.25) is 15.9 Å². The molecule has 0 spiro atoms. The summed E-state index contributed by atoms with van der Waals surface area (Å²) in [5.74, 6) is 0.619. The maximum atomic E-state index is 13.0. The van der Waals surface area contributed by atoms with E-state index in [1.807, 2.05) is 31.2 Å². The molecule has 3 rings (SSSR count). The molecule has 0 amide bonds. The standard InChI is InChI=1S/C20H21FN2O3S/c1-14-3-5-16(6-4-14)13-27(24,25)22-12-11-19-15(2)26-20(23-19)17-7-9-18(21)10-8-17/h3-10,22H,11-13H2,1-2H3. The molecule has 0 saturated carbocycles. The third-order valence-corrected chi connectivity index (χ3v) is 5.50. The first kappa shape index (κ1) is 19.3. The Morgan fingerprint density at radius 3 is 2.37 bits per heavy atom. The Kier molecular flexibility index (Phi) is 5.72. The maximum Gasteiger partial charge on any atom is 0.226 e. The fourth-order valence-corrected chi connectivity index (χ4v) is 3.80. The number of oxazole rings is 1. The molecule has 1 aromatic heterocycles. The molecule has 1 heterocycles. The van der Waals surface area contributed by atoms with E-state index >= 15 is 0 Å². The SMILES string of the molecule is Cc1ccc(CS(=O)(=O)NCCc2nc(-c3ccc(F)cc3)oc2C)cc1. The number of nitrogens with zero attached hydrogens (tertiary/aromatic N) is 1. The second-order valence-electron chi connectivity index (χ2n) is 6.42. The summed E-state index contributed by atoms with van der Waals surface area (Å²) in [6, 6.07) is 13.3. The van der Waals surface area contributed by atoms with Crippen LogP contribution in [0.25, 0.3) is 11.5 Å². The Morgan fingerprint density at radius 2 is 1.70 bits per heavy atom. The molecule has 5 nitrogen and oxygen atoms in total. The molecule has 27 heavy (non-hydrogen) atoms. The van der Waals surface area contributed by atoms with Gasteiger partial charge >= 0.3 is 0 Å². The third-order valence-electron chi connectivity index (χ3n) is 4.14. The van der Waals surface area contributed by atoms with Crippen molar-refractivity contribution >= 4 is 10.0 Å². The van der Waals surface area contributed by atoms with Crippen molar-refractivity contribution in [3.8, 4) is 11.5 Å². The first-order valence-electron chi connectivity index (χ1n) is 8.57. The quantitative estimate of drug-likeness (QED) is 0.669. The summed E-state index contributed by atoms with van der Waals surface area (Å²) >= 11 is 0. The minimum Gasteiger partial charge on any atom is -0.441 e. The molecule has 0 unspecified atom stereocenters. The van der Waals surface area contributed by atoms with E-state index in [0.717, 1.165) is 11.1 Å². The van der Waals surface area contributed by atoms with E-state index in [1.54, 1.807) is 19.1 Å². The van der Waals surface area contributed by atoms with Gasteiger partial charge in [-0.3, -0.25) is 0 Å². The van der Waals surface area contributed by atoms with Crippen molar-refractivity contribution in [1.82, 2.24) is 9.71 Å². The Bertz CT molecular complexity index is 1010. The second-order valence-corrected chi connectivity index (χ2v) is 8.22. The average Bonchev–Trinajstić information content (AvgIpc) is 2.98. The van der Waals surface area contributed by atoms with Gasteiger partial charge in [0.1, 0.15) is 11.6 Å². The summed E-state index contributed by atoms with van der Waals surface area (Å²) in [6.07, 6.45) is 0.406. The fraction of sp³-hybridized carbons (Fsp3) is 0.250. The van der Waals surface area contributed by atoms with E-state index in [-0.39, 0.29) is 18.1 Å². The fourth-order valence-electron chi connectivity index (χ4n) is 2.66. The predicted octanol–water partition coefficient (Wildman–Crippen LogP) is 3.76. The van der Waals surface area contributed by atoms with Gasteiger partial charge in [-0.1, -0.05) is 29.8 Å². The van der Waals surface area contributed by atoms with Crippen LogP contribution in [0.1, 0.15) is 22.6 Å². The molecule has 0 aliphatic heterocycles. The lowest BCUT2D eigenvalue weighted by atomic mass is 10.2. The summed E-state index contributed by atoms with van der Waals surface area (Å²) in [5.41, 5.74) is 3.17. The molecule has 0 atom stereocenters. The topological polar surface area (TPSA) is 72.2 Å². The van der Waals surface area contributed by atoms with Crippen molar-refractivity contribution in [2.45, 2.75) is 26.0 Å². The molecule has 0 saturated heterocycles. The van der Waals surface area contributed by atoms with E-state index in [0.29, 0.717) is 29.3 Å². The molecule has 0 fully saturated rings. The zero-order valence-corrected chi connectivity index (χ0v) is 16.0. The van der Waals surface area contributed by atoms with Crippen LogP contribution in [0, 0.1) is 19.7 Å². The van der Waals surface area contributed by atoms with Gasteiger partial charge in [-0.05, 0) is 43.7 Å². The zero-order valence-electron chi connectivity index (χ0n) is 15.2. The Balaban J connectivity index is 1.60. The van der Waals surface area contributed by atoms with E-state index in [4.69, 9.17) is 4.42 Å². The highest BCUT2D eigenvalue weighted by Gasteiger charge is 2.14. The van der Waals surface area contributed by atoms with Gasteiger partial charge < -0.3 is 4.42 Å². The second kappa shape index (κ2) is 8.02. The normalized spacial score (nSPS) is 11.7. The van der Waals surface area contributed by atoms with Crippen LogP contribution in [-0.4, -0.2) is 19.9 Å². The number of aryl methyl sites for hydroxylation is 2. The first-order valence-corrected chi connectivity index (χ1v) is 10.2. The van der Waals surface area contributed by atoms with Crippen LogP contribution in [0.4, 0.5) is 4.39 Å². The summed E-state index contributed by atoms with van der Waals surface area (Å²) in [7, 11) is -3.43. The van der Waals surface area contributed by atoms with E-state index in [2.05, 4.69) is 9.71 Å². The lowest BCUT2D eigenvalue weighted by Gasteiger charge is -2.06. The Labute approximate surface area is 158 Å². The number of rotatable bonds is 7. The number of benzene rings is 2. The van der Waals surface area contributed by atoms with Crippen LogP contribution in [0.3, 0.4) is 0 Å². The van der Waals surface area contributed by atoms with Gasteiger partial charge in [0.15, 0.2) is 0 Å². The van der Waals surface area contributed by atoms with Gasteiger partial charge in [0.05, 0.1) is 11.4 Å². The average molecular weight is 388 g/mol. The summed E-state index contributed by atoms with van der Waals surface area (Å²) < 4.78 is 45.7. The summed E-state index contributed by atoms with van der Waals surface area (Å²) in [5, 5.41) is 0. The first-order chi connectivity index (χ1) is 12.8. The minimum absolute atomic E-state index is 0.0636. The molecule has 1 N–H and O–H groups in total. The van der Waals surface area contributed by atoms with Crippen LogP contribution in [0.15, 0.2) is 52.9 Å². The van der Waals surface area contributed by atoms with E-state index < -0.39 is 10.0 Å². The van der Waals surface area contributed by atoms with E-state index in [1.165, 1.54) is 12.1 Å². The molecule has 7 heteroatoms. The lowest BCUT2D eigenvalue weighted by molar-refractivity contribution is 0.538. The number of nitrogens with one attached hydrogen (secondary N) is 1. The molecule has 3 aromatic rings. The number of sulfonamides is 1. The number of aromatic nitrogens is 1. The monoisotopic (exact) mass is 388 g/mol. The predicted molar refractivity (Wildman–Crippen MR) is 102 cm³/mol. The van der Waals surface area contributed by atoms with Crippen molar-refractivity contribution in [3.05, 3.63) is 76.9 Å². The van der Waals surface area contributed by atoms with Gasteiger partial charge in [0, 0.05) is 18.5 Å². The molecule has 0 aliphatic carbocycles. The zero-order chi connectivity index (χ0) is 19.4. The molecular weight excluding hydrogens is 367 g/mol. The summed E-state index contributed by atoms with van der Waals surface area (Å²) in [4.78, 5) is 4.40. The van der Waals surface area contributed by atoms with Crippen molar-refractivity contribution in [3.63, 3.8) is 0 Å². The van der Waals surface area contributed by atoms with Gasteiger partial charge in [-0.25, -0.2) is 22.5 Å². The minimum atomic E-state index is -3.43. The van der Waals surface area contributed by atoms with Crippen molar-refractivity contribution in [1.29, 1.82) is 0 Å². The Morgan fingerprint density at radius 1 is 1.04 bits per heavy atom. The van der Waals surface area contributed by atoms with E-state index in [9.17, 15) is 12.8 Å². The lowest BCUT2D eigenvalue weighted by Crippen LogP contribution is -2.27. The maximum absolute atomic E-state index is 13.0. The molecule has 2 aromatic carbocycles. The summed E-state index contributed by atoms with van der Waals surface area (Å²) in [6.45, 7) is 3.96. The van der Waals surface area contributed by atoms with Crippen LogP contribution in [0.2, 0.25) is 0 Å². The van der Waals surface area contributed by atoms with Crippen LogP contribution in [-0.2, 0) is 22.2 Å². The largest absolute Gasteiger partial charge is 0.441 e. The smallest absolute Gasteiger partial charge is 0.226 e. The highest BCUT2D eigenvalue weighted by Crippen LogP contribution is 2.22. The number of hydrogen-bond donors (Lipinski definition) is 1.